The maximum atomic E-state index is 4.23. The molecule has 2 rings (SSSR count). The van der Waals surface area contributed by atoms with Gasteiger partial charge in [-0.25, -0.2) is 4.98 Å². The Labute approximate surface area is 66.9 Å². The fraction of sp³-hybridized carbons (Fsp3) is 0.444. The van der Waals surface area contributed by atoms with Gasteiger partial charge in [0.05, 0.1) is 0 Å². The van der Waals surface area contributed by atoms with Crippen LogP contribution in [0.1, 0.15) is 12.8 Å². The molecule has 0 bridgehead atoms. The van der Waals surface area contributed by atoms with E-state index in [0.717, 1.165) is 11.9 Å². The lowest BCUT2D eigenvalue weighted by atomic mass is 10.4. The molecule has 1 radical (unpaired) electrons. The maximum Gasteiger partial charge on any atom is 0.129 e. The molecule has 0 aliphatic heterocycles. The van der Waals surface area contributed by atoms with E-state index >= 15 is 0 Å². The quantitative estimate of drug-likeness (QED) is 0.630. The molecule has 0 spiro atoms. The van der Waals surface area contributed by atoms with E-state index in [4.69, 9.17) is 0 Å². The van der Waals surface area contributed by atoms with E-state index in [1.165, 1.54) is 12.8 Å². The van der Waals surface area contributed by atoms with E-state index in [-0.39, 0.29) is 0 Å². The Bertz CT molecular complexity index is 229. The molecule has 0 unspecified atom stereocenters. The van der Waals surface area contributed by atoms with Crippen LogP contribution in [-0.4, -0.2) is 18.1 Å². The van der Waals surface area contributed by atoms with Crippen molar-refractivity contribution >= 4 is 5.82 Å². The normalized spacial score (nSPS) is 16.5. The first-order valence-electron chi connectivity index (χ1n) is 3.93. The first-order valence-corrected chi connectivity index (χ1v) is 3.93. The van der Waals surface area contributed by atoms with Gasteiger partial charge >= 0.3 is 0 Å². The Kier molecular flexibility index (Phi) is 1.53. The van der Waals surface area contributed by atoms with Gasteiger partial charge in [-0.1, -0.05) is 0 Å². The second-order valence-electron chi connectivity index (χ2n) is 2.96. The Morgan fingerprint density at radius 2 is 2.45 bits per heavy atom. The van der Waals surface area contributed by atoms with E-state index in [0.29, 0.717) is 0 Å². The number of rotatable bonds is 2. The molecule has 1 aromatic heterocycles. The monoisotopic (exact) mass is 147 g/mol. The minimum absolute atomic E-state index is 0.735. The molecule has 11 heavy (non-hydrogen) atoms. The summed E-state index contributed by atoms with van der Waals surface area (Å²) >= 11 is 0. The van der Waals surface area contributed by atoms with Crippen molar-refractivity contribution in [2.24, 2.45) is 0 Å². The van der Waals surface area contributed by atoms with Gasteiger partial charge < -0.3 is 4.90 Å². The number of hydrogen-bond acceptors (Lipinski definition) is 2. The zero-order valence-electron chi connectivity index (χ0n) is 6.62. The van der Waals surface area contributed by atoms with Gasteiger partial charge in [0.1, 0.15) is 5.82 Å². The molecule has 1 aromatic rings. The molecule has 57 valence electrons. The third kappa shape index (κ3) is 1.34. The Morgan fingerprint density at radius 1 is 1.64 bits per heavy atom. The predicted molar refractivity (Wildman–Crippen MR) is 44.5 cm³/mol. The summed E-state index contributed by atoms with van der Waals surface area (Å²) in [4.78, 5) is 6.45. The molecular formula is C9H11N2. The third-order valence-electron chi connectivity index (χ3n) is 2.05. The van der Waals surface area contributed by atoms with Crippen LogP contribution in [0.4, 0.5) is 5.82 Å². The summed E-state index contributed by atoms with van der Waals surface area (Å²) in [6.07, 6.45) is 4.41. The number of aromatic nitrogens is 1. The van der Waals surface area contributed by atoms with Crippen LogP contribution in [-0.2, 0) is 0 Å². The van der Waals surface area contributed by atoms with Gasteiger partial charge in [0.15, 0.2) is 0 Å². The number of hydrogen-bond donors (Lipinski definition) is 0. The summed E-state index contributed by atoms with van der Waals surface area (Å²) < 4.78 is 0. The summed E-state index contributed by atoms with van der Waals surface area (Å²) in [6.45, 7) is 0. The van der Waals surface area contributed by atoms with Gasteiger partial charge in [0, 0.05) is 19.3 Å². The molecular weight excluding hydrogens is 136 g/mol. The van der Waals surface area contributed by atoms with E-state index in [1.807, 2.05) is 12.1 Å². The summed E-state index contributed by atoms with van der Waals surface area (Å²) in [5.74, 6) is 1.04. The SMILES string of the molecule is CN(c1c[c]ccn1)C1CC1. The second-order valence-corrected chi connectivity index (χ2v) is 2.96. The van der Waals surface area contributed by atoms with Gasteiger partial charge in [-0.05, 0) is 31.0 Å². The fourth-order valence-corrected chi connectivity index (χ4v) is 1.16. The Hall–Kier alpha value is -1.05. The van der Waals surface area contributed by atoms with Crippen molar-refractivity contribution in [1.82, 2.24) is 4.98 Å². The van der Waals surface area contributed by atoms with E-state index in [9.17, 15) is 0 Å². The van der Waals surface area contributed by atoms with E-state index in [2.05, 4.69) is 23.0 Å². The van der Waals surface area contributed by atoms with Crippen LogP contribution in [0, 0.1) is 6.07 Å². The minimum atomic E-state index is 0.735. The van der Waals surface area contributed by atoms with Crippen molar-refractivity contribution in [3.63, 3.8) is 0 Å². The molecule has 2 heteroatoms. The molecule has 0 N–H and O–H groups in total. The lowest BCUT2D eigenvalue weighted by Crippen LogP contribution is -2.20. The van der Waals surface area contributed by atoms with Gasteiger partial charge in [-0.15, -0.1) is 0 Å². The lowest BCUT2D eigenvalue weighted by molar-refractivity contribution is 0.892. The van der Waals surface area contributed by atoms with Crippen LogP contribution in [0.3, 0.4) is 0 Å². The van der Waals surface area contributed by atoms with E-state index in [1.54, 1.807) is 6.20 Å². The molecule has 1 saturated carbocycles. The highest BCUT2D eigenvalue weighted by atomic mass is 15.2. The molecule has 0 atom stereocenters. The van der Waals surface area contributed by atoms with Crippen LogP contribution < -0.4 is 4.90 Å². The van der Waals surface area contributed by atoms with Gasteiger partial charge in [0.25, 0.3) is 0 Å². The van der Waals surface area contributed by atoms with Crippen molar-refractivity contribution in [2.45, 2.75) is 18.9 Å². The molecule has 0 aromatic carbocycles. The number of anilines is 1. The minimum Gasteiger partial charge on any atom is -0.357 e. The molecule has 1 heterocycles. The van der Waals surface area contributed by atoms with Gasteiger partial charge in [0.2, 0.25) is 0 Å². The number of nitrogens with zero attached hydrogens (tertiary/aromatic N) is 2. The van der Waals surface area contributed by atoms with Crippen molar-refractivity contribution in [1.29, 1.82) is 0 Å². The zero-order chi connectivity index (χ0) is 7.68. The summed E-state index contributed by atoms with van der Waals surface area (Å²) in [5.41, 5.74) is 0. The van der Waals surface area contributed by atoms with Crippen molar-refractivity contribution in [3.05, 3.63) is 24.4 Å². The van der Waals surface area contributed by atoms with Crippen molar-refractivity contribution < 1.29 is 0 Å². The lowest BCUT2D eigenvalue weighted by Gasteiger charge is -2.16. The largest absolute Gasteiger partial charge is 0.357 e. The van der Waals surface area contributed by atoms with Crippen molar-refractivity contribution in [2.75, 3.05) is 11.9 Å². The molecule has 1 aliphatic carbocycles. The molecule has 0 saturated heterocycles. The summed E-state index contributed by atoms with van der Waals surface area (Å²) in [7, 11) is 2.09. The van der Waals surface area contributed by atoms with E-state index < -0.39 is 0 Å². The summed E-state index contributed by atoms with van der Waals surface area (Å²) in [6, 6.07) is 7.51. The fourth-order valence-electron chi connectivity index (χ4n) is 1.16. The average molecular weight is 147 g/mol. The number of pyridine rings is 1. The zero-order valence-corrected chi connectivity index (χ0v) is 6.62. The van der Waals surface area contributed by atoms with Crippen LogP contribution >= 0.6 is 0 Å². The van der Waals surface area contributed by atoms with Crippen LogP contribution in [0.5, 0.6) is 0 Å². The highest BCUT2D eigenvalue weighted by molar-refractivity contribution is 5.38. The summed E-state index contributed by atoms with van der Waals surface area (Å²) in [5, 5.41) is 0. The van der Waals surface area contributed by atoms with Crippen molar-refractivity contribution in [3.8, 4) is 0 Å². The van der Waals surface area contributed by atoms with Crippen LogP contribution in [0.25, 0.3) is 0 Å². The first-order chi connectivity index (χ1) is 5.38. The highest BCUT2D eigenvalue weighted by Gasteiger charge is 2.26. The average Bonchev–Trinajstić information content (AvgIpc) is 2.87. The smallest absolute Gasteiger partial charge is 0.129 e. The molecule has 0 amide bonds. The predicted octanol–water partition coefficient (Wildman–Crippen LogP) is 1.48. The Balaban J connectivity index is 2.15. The van der Waals surface area contributed by atoms with Gasteiger partial charge in [-0.2, -0.15) is 0 Å². The maximum absolute atomic E-state index is 4.23. The highest BCUT2D eigenvalue weighted by Crippen LogP contribution is 2.28. The van der Waals surface area contributed by atoms with Gasteiger partial charge in [-0.3, -0.25) is 0 Å². The molecule has 1 fully saturated rings. The Morgan fingerprint density at radius 3 is 3.00 bits per heavy atom. The van der Waals surface area contributed by atoms with Crippen LogP contribution in [0.15, 0.2) is 18.3 Å². The molecule has 1 aliphatic rings. The topological polar surface area (TPSA) is 16.1 Å². The first kappa shape index (κ1) is 6.65. The second kappa shape index (κ2) is 2.53. The standard InChI is InChI=1S/C9H11N2/c1-11(8-5-6-8)9-4-2-3-7-10-9/h3-4,7-8H,5-6H2,1H3. The van der Waals surface area contributed by atoms with Crippen LogP contribution in [0.2, 0.25) is 0 Å². The molecule has 2 nitrogen and oxygen atoms in total. The third-order valence-corrected chi connectivity index (χ3v) is 2.05.